The van der Waals surface area contributed by atoms with Crippen LogP contribution in [0.15, 0.2) is 30.3 Å². The van der Waals surface area contributed by atoms with Crippen molar-refractivity contribution in [3.8, 4) is 0 Å². The van der Waals surface area contributed by atoms with Crippen molar-refractivity contribution < 1.29 is 9.53 Å². The van der Waals surface area contributed by atoms with Gasteiger partial charge < -0.3 is 15.8 Å². The Labute approximate surface area is 134 Å². The average molecular weight is 306 g/mol. The second-order valence-corrected chi connectivity index (χ2v) is 7.61. The molecular formula is C18H30N2O2. The van der Waals surface area contributed by atoms with Crippen LogP contribution >= 0.6 is 0 Å². The molecule has 0 aliphatic heterocycles. The van der Waals surface area contributed by atoms with Gasteiger partial charge in [0.2, 0.25) is 0 Å². The molecule has 0 saturated heterocycles. The summed E-state index contributed by atoms with van der Waals surface area (Å²) in [5.74, 6) is 0. The lowest BCUT2D eigenvalue weighted by Crippen LogP contribution is -2.52. The van der Waals surface area contributed by atoms with Gasteiger partial charge in [-0.15, -0.1) is 0 Å². The summed E-state index contributed by atoms with van der Waals surface area (Å²) in [6.07, 6.45) is -0.406. The van der Waals surface area contributed by atoms with Crippen LogP contribution in [0.3, 0.4) is 0 Å². The summed E-state index contributed by atoms with van der Waals surface area (Å²) in [5.41, 5.74) is 6.28. The third kappa shape index (κ3) is 4.47. The van der Waals surface area contributed by atoms with Crippen LogP contribution in [-0.2, 0) is 10.2 Å². The Hall–Kier alpha value is -1.55. The SMILES string of the molecule is CC(C)(C)OC(=O)NCC(C)(CN)C(C)(C)c1ccccc1. The monoisotopic (exact) mass is 306 g/mol. The van der Waals surface area contributed by atoms with Crippen LogP contribution in [0, 0.1) is 5.41 Å². The lowest BCUT2D eigenvalue weighted by Gasteiger charge is -2.44. The van der Waals surface area contributed by atoms with Crippen LogP contribution in [0.5, 0.6) is 0 Å². The summed E-state index contributed by atoms with van der Waals surface area (Å²) in [6.45, 7) is 12.9. The van der Waals surface area contributed by atoms with Crippen molar-refractivity contribution >= 4 is 6.09 Å². The van der Waals surface area contributed by atoms with Gasteiger partial charge in [0.05, 0.1) is 0 Å². The molecule has 4 heteroatoms. The zero-order valence-electron chi connectivity index (χ0n) is 14.7. The van der Waals surface area contributed by atoms with Gasteiger partial charge in [-0.3, -0.25) is 0 Å². The van der Waals surface area contributed by atoms with E-state index in [1.165, 1.54) is 5.56 Å². The number of hydrogen-bond acceptors (Lipinski definition) is 3. The summed E-state index contributed by atoms with van der Waals surface area (Å²) in [4.78, 5) is 11.9. The predicted octanol–water partition coefficient (Wildman–Crippen LogP) is 3.45. The molecule has 0 radical (unpaired) electrons. The molecule has 0 saturated carbocycles. The third-order valence-corrected chi connectivity index (χ3v) is 4.48. The molecule has 0 bridgehead atoms. The normalized spacial score (nSPS) is 15.0. The van der Waals surface area contributed by atoms with E-state index < -0.39 is 11.7 Å². The molecule has 1 unspecified atom stereocenters. The van der Waals surface area contributed by atoms with E-state index in [2.05, 4.69) is 38.2 Å². The molecule has 0 spiro atoms. The predicted molar refractivity (Wildman–Crippen MR) is 90.9 cm³/mol. The number of ether oxygens (including phenoxy) is 1. The highest BCUT2D eigenvalue weighted by Gasteiger charge is 2.41. The zero-order valence-corrected chi connectivity index (χ0v) is 14.7. The second-order valence-electron chi connectivity index (χ2n) is 7.61. The summed E-state index contributed by atoms with van der Waals surface area (Å²) in [6, 6.07) is 10.2. The molecule has 1 aromatic rings. The van der Waals surface area contributed by atoms with Gasteiger partial charge in [0.25, 0.3) is 0 Å². The van der Waals surface area contributed by atoms with Crippen LogP contribution < -0.4 is 11.1 Å². The fourth-order valence-corrected chi connectivity index (χ4v) is 2.33. The largest absolute Gasteiger partial charge is 0.444 e. The molecule has 4 nitrogen and oxygen atoms in total. The van der Waals surface area contributed by atoms with E-state index in [4.69, 9.17) is 10.5 Å². The van der Waals surface area contributed by atoms with Gasteiger partial charge in [0.1, 0.15) is 5.60 Å². The minimum atomic E-state index is -0.502. The van der Waals surface area contributed by atoms with Crippen molar-refractivity contribution in [1.29, 1.82) is 0 Å². The Morgan fingerprint density at radius 2 is 1.64 bits per heavy atom. The summed E-state index contributed by atoms with van der Waals surface area (Å²) >= 11 is 0. The minimum Gasteiger partial charge on any atom is -0.444 e. The fourth-order valence-electron chi connectivity index (χ4n) is 2.33. The molecule has 0 aliphatic rings. The fraction of sp³-hybridized carbons (Fsp3) is 0.611. The van der Waals surface area contributed by atoms with Gasteiger partial charge in [-0.2, -0.15) is 0 Å². The van der Waals surface area contributed by atoms with Gasteiger partial charge in [-0.05, 0) is 31.7 Å². The molecule has 0 aromatic heterocycles. The highest BCUT2D eigenvalue weighted by molar-refractivity contribution is 5.67. The van der Waals surface area contributed by atoms with Gasteiger partial charge in [-0.25, -0.2) is 4.79 Å². The Balaban J connectivity index is 2.86. The number of hydrogen-bond donors (Lipinski definition) is 2. The van der Waals surface area contributed by atoms with Crippen LogP contribution in [0.4, 0.5) is 4.79 Å². The van der Waals surface area contributed by atoms with Crippen LogP contribution in [0.1, 0.15) is 47.1 Å². The lowest BCUT2D eigenvalue weighted by molar-refractivity contribution is 0.0480. The van der Waals surface area contributed by atoms with E-state index in [1.54, 1.807) is 0 Å². The molecule has 22 heavy (non-hydrogen) atoms. The number of carbonyl (C=O) groups is 1. The molecule has 0 fully saturated rings. The average Bonchev–Trinajstić information content (AvgIpc) is 2.43. The number of nitrogens with two attached hydrogens (primary N) is 1. The van der Waals surface area contributed by atoms with Gasteiger partial charge in [0.15, 0.2) is 0 Å². The van der Waals surface area contributed by atoms with E-state index in [9.17, 15) is 4.79 Å². The van der Waals surface area contributed by atoms with E-state index in [-0.39, 0.29) is 10.8 Å². The van der Waals surface area contributed by atoms with E-state index in [1.807, 2.05) is 39.0 Å². The Kier molecular flexibility index (Phi) is 5.63. The summed E-state index contributed by atoms with van der Waals surface area (Å²) < 4.78 is 5.31. The first-order valence-electron chi connectivity index (χ1n) is 7.74. The molecule has 3 N–H and O–H groups in total. The summed E-state index contributed by atoms with van der Waals surface area (Å²) in [7, 11) is 0. The standard InChI is InChI=1S/C18H30N2O2/c1-16(2,3)22-15(21)20-13-18(6,12-19)17(4,5)14-10-8-7-9-11-14/h7-11H,12-13,19H2,1-6H3,(H,20,21). The van der Waals surface area contributed by atoms with Crippen molar-refractivity contribution in [3.05, 3.63) is 35.9 Å². The maximum absolute atomic E-state index is 11.9. The highest BCUT2D eigenvalue weighted by atomic mass is 16.6. The number of nitrogens with one attached hydrogen (secondary N) is 1. The molecular weight excluding hydrogens is 276 g/mol. The smallest absolute Gasteiger partial charge is 0.407 e. The number of rotatable bonds is 5. The van der Waals surface area contributed by atoms with E-state index >= 15 is 0 Å². The first kappa shape index (κ1) is 18.5. The first-order valence-corrected chi connectivity index (χ1v) is 7.74. The lowest BCUT2D eigenvalue weighted by atomic mass is 9.63. The Morgan fingerprint density at radius 3 is 2.09 bits per heavy atom. The van der Waals surface area contributed by atoms with Crippen molar-refractivity contribution in [1.82, 2.24) is 5.32 Å². The van der Waals surface area contributed by atoms with Crippen molar-refractivity contribution in [2.45, 2.75) is 52.6 Å². The third-order valence-electron chi connectivity index (χ3n) is 4.48. The van der Waals surface area contributed by atoms with Crippen LogP contribution in [0.25, 0.3) is 0 Å². The highest BCUT2D eigenvalue weighted by Crippen LogP contribution is 2.40. The number of alkyl carbamates (subject to hydrolysis) is 1. The first-order chi connectivity index (χ1) is 10.0. The van der Waals surface area contributed by atoms with Gasteiger partial charge in [-0.1, -0.05) is 51.1 Å². The van der Waals surface area contributed by atoms with Crippen molar-refractivity contribution in [2.24, 2.45) is 11.1 Å². The Morgan fingerprint density at radius 1 is 1.09 bits per heavy atom. The number of benzene rings is 1. The Bertz CT molecular complexity index is 492. The van der Waals surface area contributed by atoms with Crippen molar-refractivity contribution in [3.63, 3.8) is 0 Å². The molecule has 0 aliphatic carbocycles. The van der Waals surface area contributed by atoms with Crippen LogP contribution in [0.2, 0.25) is 0 Å². The molecule has 124 valence electrons. The number of carbonyl (C=O) groups excluding carboxylic acids is 1. The maximum atomic E-state index is 11.9. The second kappa shape index (κ2) is 6.69. The number of amides is 1. The molecule has 1 aromatic carbocycles. The molecule has 0 heterocycles. The van der Waals surface area contributed by atoms with Gasteiger partial charge >= 0.3 is 6.09 Å². The quantitative estimate of drug-likeness (QED) is 0.875. The molecule has 1 atom stereocenters. The zero-order chi connectivity index (χ0) is 17.0. The molecule has 1 rings (SSSR count). The van der Waals surface area contributed by atoms with E-state index in [0.29, 0.717) is 13.1 Å². The summed E-state index contributed by atoms with van der Waals surface area (Å²) in [5, 5.41) is 2.87. The minimum absolute atomic E-state index is 0.183. The molecule has 1 amide bonds. The van der Waals surface area contributed by atoms with Crippen molar-refractivity contribution in [2.75, 3.05) is 13.1 Å². The van der Waals surface area contributed by atoms with Gasteiger partial charge in [0, 0.05) is 18.5 Å². The van der Waals surface area contributed by atoms with Crippen LogP contribution in [-0.4, -0.2) is 24.8 Å². The maximum Gasteiger partial charge on any atom is 0.407 e. The topological polar surface area (TPSA) is 64.3 Å². The van der Waals surface area contributed by atoms with E-state index in [0.717, 1.165) is 0 Å².